The van der Waals surface area contributed by atoms with E-state index in [1.165, 1.54) is 0 Å². The lowest BCUT2D eigenvalue weighted by Crippen LogP contribution is -2.32. The predicted molar refractivity (Wildman–Crippen MR) is 118 cm³/mol. The Morgan fingerprint density at radius 2 is 1.97 bits per heavy atom. The smallest absolute Gasteiger partial charge is 0.255 e. The minimum atomic E-state index is -0.126. The molecule has 0 bridgehead atoms. The zero-order valence-corrected chi connectivity index (χ0v) is 17.6. The first-order valence-corrected chi connectivity index (χ1v) is 10.8. The molecule has 30 heavy (non-hydrogen) atoms. The number of fused-ring (bicyclic) bond motifs is 1. The fourth-order valence-corrected chi connectivity index (χ4v) is 3.97. The molecule has 0 aliphatic carbocycles. The minimum Gasteiger partial charge on any atom is -0.381 e. The highest BCUT2D eigenvalue weighted by Crippen LogP contribution is 2.29. The van der Waals surface area contributed by atoms with Gasteiger partial charge in [-0.25, -0.2) is 9.67 Å². The Morgan fingerprint density at radius 1 is 1.20 bits per heavy atom. The topological polar surface area (TPSA) is 81.1 Å². The molecule has 158 valence electrons. The van der Waals surface area contributed by atoms with Crippen molar-refractivity contribution in [3.8, 4) is 0 Å². The number of nitrogens with one attached hydrogen (secondary N) is 2. The van der Waals surface area contributed by atoms with Crippen LogP contribution in [0.5, 0.6) is 0 Å². The number of anilines is 1. The van der Waals surface area contributed by atoms with Crippen LogP contribution in [0.2, 0.25) is 0 Å². The zero-order chi connectivity index (χ0) is 20.9. The molecule has 1 atom stereocenters. The largest absolute Gasteiger partial charge is 0.381 e. The molecule has 1 aliphatic heterocycles. The van der Waals surface area contributed by atoms with Crippen molar-refractivity contribution in [3.63, 3.8) is 0 Å². The summed E-state index contributed by atoms with van der Waals surface area (Å²) in [5.41, 5.74) is 3.25. The van der Waals surface area contributed by atoms with Crippen LogP contribution >= 0.6 is 0 Å². The van der Waals surface area contributed by atoms with Gasteiger partial charge < -0.3 is 15.4 Å². The third kappa shape index (κ3) is 4.16. The fraction of sp³-hybridized carbons (Fsp3) is 0.435. The van der Waals surface area contributed by atoms with Gasteiger partial charge >= 0.3 is 0 Å². The van der Waals surface area contributed by atoms with Crippen molar-refractivity contribution in [1.82, 2.24) is 20.1 Å². The Kier molecular flexibility index (Phi) is 6.28. The molecule has 2 aromatic heterocycles. The molecule has 2 N–H and O–H groups in total. The maximum Gasteiger partial charge on any atom is 0.255 e. The van der Waals surface area contributed by atoms with Crippen LogP contribution < -0.4 is 10.6 Å². The average Bonchev–Trinajstić information content (AvgIpc) is 3.22. The lowest BCUT2D eigenvalue weighted by atomic mass is 10.0. The van der Waals surface area contributed by atoms with Gasteiger partial charge in [-0.1, -0.05) is 37.3 Å². The van der Waals surface area contributed by atoms with Gasteiger partial charge in [-0.15, -0.1) is 0 Å². The highest BCUT2D eigenvalue weighted by atomic mass is 16.5. The molecular weight excluding hydrogens is 378 g/mol. The van der Waals surface area contributed by atoms with Crippen LogP contribution in [0, 0.1) is 0 Å². The summed E-state index contributed by atoms with van der Waals surface area (Å²) < 4.78 is 7.34. The van der Waals surface area contributed by atoms with Crippen LogP contribution in [-0.2, 0) is 11.3 Å². The second kappa shape index (κ2) is 9.26. The van der Waals surface area contributed by atoms with E-state index in [-0.39, 0.29) is 18.0 Å². The van der Waals surface area contributed by atoms with E-state index in [1.807, 2.05) is 41.9 Å². The Bertz CT molecular complexity index is 996. The third-order valence-corrected chi connectivity index (χ3v) is 5.70. The number of hydrogen-bond donors (Lipinski definition) is 2. The summed E-state index contributed by atoms with van der Waals surface area (Å²) in [6.07, 6.45) is 6.11. The maximum absolute atomic E-state index is 13.3. The number of benzene rings is 1. The van der Waals surface area contributed by atoms with Gasteiger partial charge in [0.25, 0.3) is 5.91 Å². The van der Waals surface area contributed by atoms with Crippen LogP contribution in [0.4, 0.5) is 5.69 Å². The minimum absolute atomic E-state index is 0.0521. The highest BCUT2D eigenvalue weighted by molar-refractivity contribution is 6.06. The summed E-state index contributed by atoms with van der Waals surface area (Å²) in [7, 11) is 0. The standard InChI is InChI=1S/C23H29N5O2/c1-3-20(16-8-6-5-7-9-16)27-23(29)19-14-24-22-18(15-25-28(22)4-2)21(19)26-17-10-12-30-13-11-17/h5-9,14-15,17,20H,3-4,10-13H2,1-2H3,(H,24,26)(H,27,29)/t20-/m1/s1. The normalized spacial score (nSPS) is 15.8. The van der Waals surface area contributed by atoms with Crippen molar-refractivity contribution in [2.24, 2.45) is 0 Å². The van der Waals surface area contributed by atoms with E-state index < -0.39 is 0 Å². The van der Waals surface area contributed by atoms with Crippen molar-refractivity contribution in [2.45, 2.75) is 51.7 Å². The fourth-order valence-electron chi connectivity index (χ4n) is 3.97. The third-order valence-electron chi connectivity index (χ3n) is 5.70. The molecule has 0 unspecified atom stereocenters. The van der Waals surface area contributed by atoms with Gasteiger partial charge in [0.1, 0.15) is 0 Å². The Labute approximate surface area is 176 Å². The quantitative estimate of drug-likeness (QED) is 0.620. The van der Waals surface area contributed by atoms with Crippen LogP contribution in [-0.4, -0.2) is 39.9 Å². The summed E-state index contributed by atoms with van der Waals surface area (Å²) in [4.78, 5) is 17.9. The molecule has 7 nitrogen and oxygen atoms in total. The first kappa shape index (κ1) is 20.3. The van der Waals surface area contributed by atoms with Gasteiger partial charge in [0.15, 0.2) is 5.65 Å². The van der Waals surface area contributed by atoms with Crippen LogP contribution in [0.3, 0.4) is 0 Å². The van der Waals surface area contributed by atoms with Gasteiger partial charge in [-0.2, -0.15) is 5.10 Å². The number of aromatic nitrogens is 3. The van der Waals surface area contributed by atoms with Crippen molar-refractivity contribution < 1.29 is 9.53 Å². The Morgan fingerprint density at radius 3 is 2.67 bits per heavy atom. The number of pyridine rings is 1. The van der Waals surface area contributed by atoms with Crippen molar-refractivity contribution in [3.05, 3.63) is 53.9 Å². The molecule has 1 amide bonds. The number of carbonyl (C=O) groups excluding carboxylic acids is 1. The predicted octanol–water partition coefficient (Wildman–Crippen LogP) is 3.92. The van der Waals surface area contributed by atoms with Crippen molar-refractivity contribution in [1.29, 1.82) is 0 Å². The number of ether oxygens (including phenoxy) is 1. The Hall–Kier alpha value is -2.93. The zero-order valence-electron chi connectivity index (χ0n) is 17.6. The molecule has 4 rings (SSSR count). The molecule has 7 heteroatoms. The second-order valence-electron chi connectivity index (χ2n) is 7.62. The van der Waals surface area contributed by atoms with Crippen LogP contribution in [0.1, 0.15) is 55.1 Å². The van der Waals surface area contributed by atoms with E-state index in [1.54, 1.807) is 12.4 Å². The summed E-state index contributed by atoms with van der Waals surface area (Å²) in [5, 5.41) is 12.1. The number of aryl methyl sites for hydroxylation is 1. The van der Waals surface area contributed by atoms with Gasteiger partial charge in [0.05, 0.1) is 28.9 Å². The highest BCUT2D eigenvalue weighted by Gasteiger charge is 2.23. The summed E-state index contributed by atoms with van der Waals surface area (Å²) in [6.45, 7) is 6.30. The van der Waals surface area contributed by atoms with Gasteiger partial charge in [0, 0.05) is 32.0 Å². The molecule has 0 saturated carbocycles. The monoisotopic (exact) mass is 407 g/mol. The number of hydrogen-bond acceptors (Lipinski definition) is 5. The maximum atomic E-state index is 13.3. The van der Waals surface area contributed by atoms with Crippen molar-refractivity contribution in [2.75, 3.05) is 18.5 Å². The molecular formula is C23H29N5O2. The van der Waals surface area contributed by atoms with Gasteiger partial charge in [-0.05, 0) is 31.7 Å². The number of carbonyl (C=O) groups is 1. The molecule has 0 spiro atoms. The molecule has 0 radical (unpaired) electrons. The molecule has 1 aromatic carbocycles. The molecule has 1 saturated heterocycles. The Balaban J connectivity index is 1.67. The second-order valence-corrected chi connectivity index (χ2v) is 7.62. The van der Waals surface area contributed by atoms with Gasteiger partial charge in [0.2, 0.25) is 0 Å². The summed E-state index contributed by atoms with van der Waals surface area (Å²) in [6, 6.07) is 10.3. The van der Waals surface area contributed by atoms with E-state index in [0.717, 1.165) is 61.3 Å². The number of nitrogens with zero attached hydrogens (tertiary/aromatic N) is 3. The summed E-state index contributed by atoms with van der Waals surface area (Å²) >= 11 is 0. The molecule has 1 aliphatic rings. The SMILES string of the molecule is CC[C@@H](NC(=O)c1cnc2c(cnn2CC)c1NC1CCOCC1)c1ccccc1. The first-order valence-electron chi connectivity index (χ1n) is 10.8. The summed E-state index contributed by atoms with van der Waals surface area (Å²) in [5.74, 6) is -0.126. The first-order chi connectivity index (χ1) is 14.7. The van der Waals surface area contributed by atoms with E-state index in [9.17, 15) is 4.79 Å². The average molecular weight is 408 g/mol. The van der Waals surface area contributed by atoms with Crippen molar-refractivity contribution >= 4 is 22.6 Å². The lowest BCUT2D eigenvalue weighted by Gasteiger charge is -2.26. The van der Waals surface area contributed by atoms with E-state index in [4.69, 9.17) is 4.74 Å². The van der Waals surface area contributed by atoms with E-state index >= 15 is 0 Å². The van der Waals surface area contributed by atoms with Crippen LogP contribution in [0.15, 0.2) is 42.7 Å². The molecule has 3 aromatic rings. The van der Waals surface area contributed by atoms with Gasteiger partial charge in [-0.3, -0.25) is 4.79 Å². The number of rotatable bonds is 7. The lowest BCUT2D eigenvalue weighted by molar-refractivity contribution is 0.0903. The number of amides is 1. The van der Waals surface area contributed by atoms with Crippen LogP contribution in [0.25, 0.3) is 11.0 Å². The molecule has 3 heterocycles. The van der Waals surface area contributed by atoms with E-state index in [0.29, 0.717) is 5.56 Å². The molecule has 1 fully saturated rings. The van der Waals surface area contributed by atoms with E-state index in [2.05, 4.69) is 27.6 Å².